The molecule has 170 valence electrons. The number of unbranched alkanes of at least 4 members (excludes halogenated alkanes) is 1. The molecule has 0 spiro atoms. The Morgan fingerprint density at radius 3 is 2.06 bits per heavy atom. The summed E-state index contributed by atoms with van der Waals surface area (Å²) in [4.78, 5) is 0. The molecule has 1 aliphatic rings. The van der Waals surface area contributed by atoms with E-state index in [0.29, 0.717) is 10.6 Å². The van der Waals surface area contributed by atoms with E-state index in [9.17, 15) is 0 Å². The SMILES string of the molecule is CCCC[C@H]1CC[C@H](c2ccc(CCc3ccc(-c4ccc(C#N)cc4Cl)cc3)cc2)CC1. The molecule has 4 rings (SSSR count). The number of hydrogen-bond donors (Lipinski definition) is 0. The third-order valence-electron chi connectivity index (χ3n) is 7.33. The molecule has 0 atom stereocenters. The highest BCUT2D eigenvalue weighted by atomic mass is 35.5. The van der Waals surface area contributed by atoms with Crippen molar-refractivity contribution < 1.29 is 0 Å². The molecule has 33 heavy (non-hydrogen) atoms. The second-order valence-corrected chi connectivity index (χ2v) is 10.0. The van der Waals surface area contributed by atoms with E-state index in [1.807, 2.05) is 12.1 Å². The standard InChI is InChI=1S/C31H34ClN/c1-2-3-4-23-7-14-27(15-8-23)28-16-9-24(10-17-28)5-6-25-11-18-29(19-12-25)30-20-13-26(22-33)21-31(30)32/h9-13,16-21,23,27H,2-8,14-15H2,1H3/t23-,27-. The van der Waals surface area contributed by atoms with Gasteiger partial charge < -0.3 is 0 Å². The highest BCUT2D eigenvalue weighted by Gasteiger charge is 2.21. The van der Waals surface area contributed by atoms with Gasteiger partial charge in [-0.15, -0.1) is 0 Å². The van der Waals surface area contributed by atoms with Crippen LogP contribution in [0.4, 0.5) is 0 Å². The van der Waals surface area contributed by atoms with Gasteiger partial charge in [0.05, 0.1) is 11.6 Å². The number of halogens is 1. The van der Waals surface area contributed by atoms with E-state index in [0.717, 1.165) is 35.8 Å². The van der Waals surface area contributed by atoms with Gasteiger partial charge in [0.15, 0.2) is 0 Å². The molecule has 0 aromatic heterocycles. The van der Waals surface area contributed by atoms with Crippen LogP contribution in [0.25, 0.3) is 11.1 Å². The maximum Gasteiger partial charge on any atom is 0.0992 e. The molecule has 3 aromatic rings. The first-order valence-electron chi connectivity index (χ1n) is 12.5. The Kier molecular flexibility index (Phi) is 8.25. The smallest absolute Gasteiger partial charge is 0.0992 e. The summed E-state index contributed by atoms with van der Waals surface area (Å²) in [6.07, 6.45) is 11.8. The van der Waals surface area contributed by atoms with Gasteiger partial charge in [-0.05, 0) is 84.7 Å². The molecule has 1 nitrogen and oxygen atoms in total. The molecule has 0 unspecified atom stereocenters. The van der Waals surface area contributed by atoms with Crippen LogP contribution in [0.5, 0.6) is 0 Å². The van der Waals surface area contributed by atoms with Crippen LogP contribution in [0.15, 0.2) is 66.7 Å². The maximum atomic E-state index is 9.02. The van der Waals surface area contributed by atoms with Gasteiger partial charge in [-0.2, -0.15) is 5.26 Å². The van der Waals surface area contributed by atoms with Crippen LogP contribution in [-0.2, 0) is 12.8 Å². The van der Waals surface area contributed by atoms with Gasteiger partial charge in [-0.25, -0.2) is 0 Å². The Bertz CT molecular complexity index is 1070. The van der Waals surface area contributed by atoms with Crippen molar-refractivity contribution in [2.24, 2.45) is 5.92 Å². The molecular weight excluding hydrogens is 422 g/mol. The maximum absolute atomic E-state index is 9.02. The van der Waals surface area contributed by atoms with E-state index in [2.05, 4.69) is 61.5 Å². The summed E-state index contributed by atoms with van der Waals surface area (Å²) in [6, 6.07) is 25.7. The lowest BCUT2D eigenvalue weighted by atomic mass is 9.77. The Balaban J connectivity index is 1.29. The largest absolute Gasteiger partial charge is 0.192 e. The van der Waals surface area contributed by atoms with Gasteiger partial charge >= 0.3 is 0 Å². The van der Waals surface area contributed by atoms with Crippen LogP contribution in [0.2, 0.25) is 5.02 Å². The van der Waals surface area contributed by atoms with Gasteiger partial charge in [0, 0.05) is 10.6 Å². The summed E-state index contributed by atoms with van der Waals surface area (Å²) in [5.41, 5.74) is 6.93. The first-order valence-corrected chi connectivity index (χ1v) is 12.9. The molecule has 1 saturated carbocycles. The van der Waals surface area contributed by atoms with Crippen LogP contribution in [0.3, 0.4) is 0 Å². The summed E-state index contributed by atoms with van der Waals surface area (Å²) < 4.78 is 0. The molecule has 1 fully saturated rings. The second-order valence-electron chi connectivity index (χ2n) is 9.60. The lowest BCUT2D eigenvalue weighted by Gasteiger charge is -2.29. The summed E-state index contributed by atoms with van der Waals surface area (Å²) in [5, 5.41) is 9.64. The Morgan fingerprint density at radius 1 is 0.848 bits per heavy atom. The minimum absolute atomic E-state index is 0.589. The molecular formula is C31H34ClN. The average molecular weight is 456 g/mol. The summed E-state index contributed by atoms with van der Waals surface area (Å²) in [7, 11) is 0. The molecule has 0 aliphatic heterocycles. The molecule has 3 aromatic carbocycles. The van der Waals surface area contributed by atoms with Crippen molar-refractivity contribution in [3.63, 3.8) is 0 Å². The highest BCUT2D eigenvalue weighted by Crippen LogP contribution is 2.37. The zero-order valence-corrected chi connectivity index (χ0v) is 20.5. The second kappa shape index (κ2) is 11.5. The number of nitrogens with zero attached hydrogens (tertiary/aromatic N) is 1. The van der Waals surface area contributed by atoms with Crippen molar-refractivity contribution in [3.8, 4) is 17.2 Å². The third-order valence-corrected chi connectivity index (χ3v) is 7.64. The fourth-order valence-electron chi connectivity index (χ4n) is 5.19. The van der Waals surface area contributed by atoms with Crippen molar-refractivity contribution in [2.45, 2.75) is 70.6 Å². The Morgan fingerprint density at radius 2 is 1.48 bits per heavy atom. The van der Waals surface area contributed by atoms with Crippen molar-refractivity contribution in [2.75, 3.05) is 0 Å². The van der Waals surface area contributed by atoms with Crippen molar-refractivity contribution >= 4 is 11.6 Å². The van der Waals surface area contributed by atoms with Crippen LogP contribution in [-0.4, -0.2) is 0 Å². The van der Waals surface area contributed by atoms with E-state index in [1.54, 1.807) is 6.07 Å². The Hall–Kier alpha value is -2.56. The molecule has 0 amide bonds. The molecule has 0 bridgehead atoms. The molecule has 2 heteroatoms. The van der Waals surface area contributed by atoms with Crippen molar-refractivity contribution in [1.82, 2.24) is 0 Å². The number of rotatable bonds is 8. The van der Waals surface area contributed by atoms with Crippen LogP contribution >= 0.6 is 11.6 Å². The lowest BCUT2D eigenvalue weighted by molar-refractivity contribution is 0.304. The highest BCUT2D eigenvalue weighted by molar-refractivity contribution is 6.33. The van der Waals surface area contributed by atoms with E-state index in [-0.39, 0.29) is 0 Å². The van der Waals surface area contributed by atoms with Gasteiger partial charge in [-0.1, -0.05) is 92.4 Å². The zero-order valence-electron chi connectivity index (χ0n) is 19.7. The minimum Gasteiger partial charge on any atom is -0.192 e. The van der Waals surface area contributed by atoms with Gasteiger partial charge in [0.2, 0.25) is 0 Å². The third kappa shape index (κ3) is 6.27. The van der Waals surface area contributed by atoms with Gasteiger partial charge in [0.1, 0.15) is 0 Å². The van der Waals surface area contributed by atoms with E-state index < -0.39 is 0 Å². The molecule has 0 heterocycles. The first-order chi connectivity index (χ1) is 16.2. The molecule has 0 saturated heterocycles. The van der Waals surface area contributed by atoms with Crippen molar-refractivity contribution in [1.29, 1.82) is 5.26 Å². The average Bonchev–Trinajstić information content (AvgIpc) is 2.87. The van der Waals surface area contributed by atoms with E-state index in [4.69, 9.17) is 16.9 Å². The zero-order chi connectivity index (χ0) is 23.0. The summed E-state index contributed by atoms with van der Waals surface area (Å²) in [6.45, 7) is 2.30. The van der Waals surface area contributed by atoms with E-state index >= 15 is 0 Å². The number of hydrogen-bond acceptors (Lipinski definition) is 1. The normalized spacial score (nSPS) is 18.1. The Labute approximate surface area is 204 Å². The summed E-state index contributed by atoms with van der Waals surface area (Å²) in [5.74, 6) is 1.73. The van der Waals surface area contributed by atoms with Gasteiger partial charge in [0.25, 0.3) is 0 Å². The predicted octanol–water partition coefficient (Wildman–Crippen LogP) is 9.13. The quantitative estimate of drug-likeness (QED) is 0.332. The number of nitriles is 1. The molecule has 1 aliphatic carbocycles. The lowest BCUT2D eigenvalue weighted by Crippen LogP contribution is -2.13. The van der Waals surface area contributed by atoms with Crippen molar-refractivity contribution in [3.05, 3.63) is 94.0 Å². The molecule has 0 N–H and O–H groups in total. The number of aryl methyl sites for hydroxylation is 2. The summed E-state index contributed by atoms with van der Waals surface area (Å²) >= 11 is 6.37. The fraction of sp³-hybridized carbons (Fsp3) is 0.387. The van der Waals surface area contributed by atoms with Crippen LogP contribution in [0.1, 0.15) is 80.0 Å². The minimum atomic E-state index is 0.589. The predicted molar refractivity (Wildman–Crippen MR) is 140 cm³/mol. The van der Waals surface area contributed by atoms with E-state index in [1.165, 1.54) is 61.6 Å². The monoisotopic (exact) mass is 455 g/mol. The number of benzene rings is 3. The van der Waals surface area contributed by atoms with Crippen LogP contribution in [0, 0.1) is 17.2 Å². The topological polar surface area (TPSA) is 23.8 Å². The fourth-order valence-corrected chi connectivity index (χ4v) is 5.48. The van der Waals surface area contributed by atoms with Crippen LogP contribution < -0.4 is 0 Å². The van der Waals surface area contributed by atoms with Gasteiger partial charge in [-0.3, -0.25) is 0 Å². The molecule has 0 radical (unpaired) electrons. The first kappa shape index (κ1) is 23.6.